The van der Waals surface area contributed by atoms with Gasteiger partial charge in [0.05, 0.1) is 27.9 Å². The van der Waals surface area contributed by atoms with Crippen LogP contribution < -0.4 is 4.90 Å². The first-order valence-electron chi connectivity index (χ1n) is 8.58. The molecular formula is C19H19ClN2O3S. The number of hydrogen-bond acceptors (Lipinski definition) is 5. The van der Waals surface area contributed by atoms with Gasteiger partial charge in [0.25, 0.3) is 5.91 Å². The molecule has 0 spiro atoms. The van der Waals surface area contributed by atoms with Gasteiger partial charge in [0.15, 0.2) is 5.13 Å². The quantitative estimate of drug-likeness (QED) is 0.630. The lowest BCUT2D eigenvalue weighted by molar-refractivity contribution is 0.0916. The number of aryl methyl sites for hydroxylation is 2. The number of aromatic nitrogens is 1. The van der Waals surface area contributed by atoms with Crippen molar-refractivity contribution in [1.29, 1.82) is 0 Å². The monoisotopic (exact) mass is 390 g/mol. The zero-order valence-corrected chi connectivity index (χ0v) is 16.2. The molecule has 0 saturated carbocycles. The van der Waals surface area contributed by atoms with Gasteiger partial charge in [-0.1, -0.05) is 29.0 Å². The molecule has 1 amide bonds. The van der Waals surface area contributed by atoms with Gasteiger partial charge in [-0.05, 0) is 44.9 Å². The van der Waals surface area contributed by atoms with Gasteiger partial charge in [-0.25, -0.2) is 4.98 Å². The van der Waals surface area contributed by atoms with E-state index in [9.17, 15) is 4.79 Å². The van der Waals surface area contributed by atoms with E-state index in [1.165, 1.54) is 11.3 Å². The molecular weight excluding hydrogens is 372 g/mol. The van der Waals surface area contributed by atoms with Crippen molar-refractivity contribution in [2.24, 2.45) is 0 Å². The average Bonchev–Trinajstić information content (AvgIpc) is 3.32. The number of halogens is 1. The summed E-state index contributed by atoms with van der Waals surface area (Å²) in [5.74, 6) is 1.21. The number of carbonyl (C=O) groups excluding carboxylic acids is 1. The number of amides is 1. The fourth-order valence-electron chi connectivity index (χ4n) is 3.25. The Kier molecular flexibility index (Phi) is 4.73. The molecule has 1 atom stereocenters. The zero-order valence-electron chi connectivity index (χ0n) is 14.6. The van der Waals surface area contributed by atoms with E-state index in [0.717, 1.165) is 35.4 Å². The summed E-state index contributed by atoms with van der Waals surface area (Å²) >= 11 is 7.73. The minimum absolute atomic E-state index is 0.0229. The van der Waals surface area contributed by atoms with Crippen LogP contribution in [0.1, 0.15) is 34.7 Å². The SMILES string of the molecule is Cc1cc(C(=O)N(C[C@@H]2CCCO2)c2nc3c(Cl)cccc3s2)c(C)o1. The summed E-state index contributed by atoms with van der Waals surface area (Å²) in [6.07, 6.45) is 1.98. The Morgan fingerprint density at radius 1 is 1.42 bits per heavy atom. The highest BCUT2D eigenvalue weighted by molar-refractivity contribution is 7.22. The molecule has 3 heterocycles. The fraction of sp³-hybridized carbons (Fsp3) is 0.368. The van der Waals surface area contributed by atoms with Crippen LogP contribution in [0.5, 0.6) is 0 Å². The third kappa shape index (κ3) is 3.24. The topological polar surface area (TPSA) is 55.6 Å². The first-order valence-corrected chi connectivity index (χ1v) is 9.78. The maximum atomic E-state index is 13.3. The second kappa shape index (κ2) is 7.02. The first-order chi connectivity index (χ1) is 12.5. The van der Waals surface area contributed by atoms with Gasteiger partial charge in [0.1, 0.15) is 17.0 Å². The highest BCUT2D eigenvalue weighted by atomic mass is 35.5. The van der Waals surface area contributed by atoms with E-state index < -0.39 is 0 Å². The van der Waals surface area contributed by atoms with Crippen molar-refractivity contribution in [2.75, 3.05) is 18.1 Å². The van der Waals surface area contributed by atoms with Crippen LogP contribution in [0.2, 0.25) is 5.02 Å². The van der Waals surface area contributed by atoms with Crippen LogP contribution in [0, 0.1) is 13.8 Å². The second-order valence-corrected chi connectivity index (χ2v) is 7.88. The Morgan fingerprint density at radius 3 is 2.92 bits per heavy atom. The van der Waals surface area contributed by atoms with Gasteiger partial charge in [0.2, 0.25) is 0 Å². The lowest BCUT2D eigenvalue weighted by Gasteiger charge is -2.22. The standard InChI is InChI=1S/C19H19ClN2O3S/c1-11-9-14(12(2)25-11)18(23)22(10-13-5-4-8-24-13)19-21-17-15(20)6-3-7-16(17)26-19/h3,6-7,9,13H,4-5,8,10H2,1-2H3/t13-/m0/s1. The molecule has 3 aromatic rings. The van der Waals surface area contributed by atoms with Crippen molar-refractivity contribution >= 4 is 44.2 Å². The Hall–Kier alpha value is -1.89. The highest BCUT2D eigenvalue weighted by Crippen LogP contribution is 2.34. The van der Waals surface area contributed by atoms with E-state index in [4.69, 9.17) is 20.8 Å². The summed E-state index contributed by atoms with van der Waals surface area (Å²) in [5.41, 5.74) is 1.28. The smallest absolute Gasteiger partial charge is 0.263 e. The molecule has 7 heteroatoms. The molecule has 0 unspecified atom stereocenters. The number of hydrogen-bond donors (Lipinski definition) is 0. The van der Waals surface area contributed by atoms with E-state index in [-0.39, 0.29) is 12.0 Å². The van der Waals surface area contributed by atoms with Gasteiger partial charge in [-0.2, -0.15) is 0 Å². The van der Waals surface area contributed by atoms with Crippen LogP contribution in [0.15, 0.2) is 28.7 Å². The summed E-state index contributed by atoms with van der Waals surface area (Å²) in [5, 5.41) is 1.22. The molecule has 1 aromatic carbocycles. The Morgan fingerprint density at radius 2 is 2.27 bits per heavy atom. The number of para-hydroxylation sites is 1. The fourth-order valence-corrected chi connectivity index (χ4v) is 4.52. The Bertz CT molecular complexity index is 959. The Balaban J connectivity index is 1.75. The van der Waals surface area contributed by atoms with Crippen LogP contribution in [0.25, 0.3) is 10.2 Å². The van der Waals surface area contributed by atoms with Crippen LogP contribution in [0.3, 0.4) is 0 Å². The molecule has 1 aliphatic heterocycles. The van der Waals surface area contributed by atoms with Gasteiger partial charge in [-0.3, -0.25) is 9.69 Å². The highest BCUT2D eigenvalue weighted by Gasteiger charge is 2.29. The molecule has 0 N–H and O–H groups in total. The maximum absolute atomic E-state index is 13.3. The lowest BCUT2D eigenvalue weighted by atomic mass is 10.2. The number of anilines is 1. The third-order valence-electron chi connectivity index (χ3n) is 4.52. The third-order valence-corrected chi connectivity index (χ3v) is 5.86. The van der Waals surface area contributed by atoms with Gasteiger partial charge in [0, 0.05) is 6.61 Å². The first kappa shape index (κ1) is 17.5. The normalized spacial score (nSPS) is 17.1. The molecule has 2 aromatic heterocycles. The summed E-state index contributed by atoms with van der Waals surface area (Å²) in [6.45, 7) is 4.85. The predicted octanol–water partition coefficient (Wildman–Crippen LogP) is 4.99. The average molecular weight is 391 g/mol. The number of fused-ring (bicyclic) bond motifs is 1. The Labute approximate surface area is 160 Å². The molecule has 5 nitrogen and oxygen atoms in total. The van der Waals surface area contributed by atoms with Crippen LogP contribution in [-0.2, 0) is 4.74 Å². The molecule has 136 valence electrons. The minimum atomic E-state index is -0.120. The molecule has 1 aliphatic rings. The van der Waals surface area contributed by atoms with E-state index >= 15 is 0 Å². The van der Waals surface area contributed by atoms with Crippen molar-refractivity contribution in [3.63, 3.8) is 0 Å². The lowest BCUT2D eigenvalue weighted by Crippen LogP contribution is -2.37. The molecule has 1 fully saturated rings. The minimum Gasteiger partial charge on any atom is -0.466 e. The van der Waals surface area contributed by atoms with E-state index in [1.807, 2.05) is 25.1 Å². The molecule has 1 saturated heterocycles. The van der Waals surface area contributed by atoms with E-state index in [1.54, 1.807) is 17.9 Å². The number of benzene rings is 1. The maximum Gasteiger partial charge on any atom is 0.263 e. The van der Waals surface area contributed by atoms with E-state index in [0.29, 0.717) is 28.0 Å². The predicted molar refractivity (Wildman–Crippen MR) is 103 cm³/mol. The number of furan rings is 1. The molecule has 0 bridgehead atoms. The zero-order chi connectivity index (χ0) is 18.3. The summed E-state index contributed by atoms with van der Waals surface area (Å²) in [7, 11) is 0. The largest absolute Gasteiger partial charge is 0.466 e. The van der Waals surface area contributed by atoms with Crippen LogP contribution >= 0.6 is 22.9 Å². The van der Waals surface area contributed by atoms with Crippen molar-refractivity contribution in [1.82, 2.24) is 4.98 Å². The second-order valence-electron chi connectivity index (χ2n) is 6.46. The van der Waals surface area contributed by atoms with Gasteiger partial charge < -0.3 is 9.15 Å². The van der Waals surface area contributed by atoms with Crippen molar-refractivity contribution < 1.29 is 13.9 Å². The summed E-state index contributed by atoms with van der Waals surface area (Å²) in [6, 6.07) is 7.44. The van der Waals surface area contributed by atoms with Gasteiger partial charge in [-0.15, -0.1) is 0 Å². The number of carbonyl (C=O) groups is 1. The molecule has 0 aliphatic carbocycles. The number of ether oxygens (including phenoxy) is 1. The van der Waals surface area contributed by atoms with Crippen molar-refractivity contribution in [3.8, 4) is 0 Å². The summed E-state index contributed by atoms with van der Waals surface area (Å²) in [4.78, 5) is 19.6. The number of thiazole rings is 1. The van der Waals surface area contributed by atoms with Crippen LogP contribution in [-0.4, -0.2) is 30.1 Å². The van der Waals surface area contributed by atoms with Crippen molar-refractivity contribution in [2.45, 2.75) is 32.8 Å². The van der Waals surface area contributed by atoms with Crippen molar-refractivity contribution in [3.05, 3.63) is 46.4 Å². The van der Waals surface area contributed by atoms with Gasteiger partial charge >= 0.3 is 0 Å². The molecule has 0 radical (unpaired) electrons. The van der Waals surface area contributed by atoms with E-state index in [2.05, 4.69) is 4.98 Å². The molecule has 4 rings (SSSR count). The van der Waals surface area contributed by atoms with Crippen LogP contribution in [0.4, 0.5) is 5.13 Å². The number of rotatable bonds is 4. The number of nitrogens with zero attached hydrogens (tertiary/aromatic N) is 2. The molecule has 26 heavy (non-hydrogen) atoms. The summed E-state index contributed by atoms with van der Waals surface area (Å²) < 4.78 is 12.3.